The van der Waals surface area contributed by atoms with Gasteiger partial charge in [0.15, 0.2) is 0 Å². The number of hydrogen-bond donors (Lipinski definition) is 1. The highest BCUT2D eigenvalue weighted by Gasteiger charge is 2.28. The van der Waals surface area contributed by atoms with E-state index in [-0.39, 0.29) is 18.4 Å². The molecule has 2 aromatic carbocycles. The van der Waals surface area contributed by atoms with Crippen molar-refractivity contribution < 1.29 is 22.1 Å². The van der Waals surface area contributed by atoms with Crippen LogP contribution >= 0.6 is 0 Å². The van der Waals surface area contributed by atoms with Gasteiger partial charge < -0.3 is 17.5 Å². The van der Waals surface area contributed by atoms with Gasteiger partial charge in [-0.2, -0.15) is 0 Å². The van der Waals surface area contributed by atoms with Crippen molar-refractivity contribution in [2.24, 2.45) is 0 Å². The zero-order valence-corrected chi connectivity index (χ0v) is 15.5. The Balaban J connectivity index is 0.00000208. The minimum Gasteiger partial charge on any atom is -1.00 e. The van der Waals surface area contributed by atoms with Crippen LogP contribution < -0.4 is 17.3 Å². The first kappa shape index (κ1) is 18.3. The molecular weight excluding hydrogens is 320 g/mol. The van der Waals surface area contributed by atoms with Crippen LogP contribution in [0.25, 0.3) is 0 Å². The molecule has 3 rings (SSSR count). The van der Waals surface area contributed by atoms with Gasteiger partial charge in [0.1, 0.15) is 30.6 Å². The lowest BCUT2D eigenvalue weighted by Crippen LogP contribution is -3.00. The fraction of sp³-hybridized carbons (Fsp3) is 0.350. The smallest absolute Gasteiger partial charge is 0.240 e. The van der Waals surface area contributed by atoms with E-state index in [2.05, 4.69) is 55.6 Å². The summed E-state index contributed by atoms with van der Waals surface area (Å²) in [6.45, 7) is 10.6. The molecule has 24 heavy (non-hydrogen) atoms. The molecule has 0 unspecified atom stereocenters. The van der Waals surface area contributed by atoms with E-state index in [9.17, 15) is 5.11 Å². The third-order valence-corrected chi connectivity index (χ3v) is 4.69. The molecule has 0 fully saturated rings. The van der Waals surface area contributed by atoms with Gasteiger partial charge in [-0.3, -0.25) is 4.58 Å². The van der Waals surface area contributed by atoms with Crippen LogP contribution in [0.1, 0.15) is 35.2 Å². The highest BCUT2D eigenvalue weighted by Crippen LogP contribution is 2.30. The molecule has 0 spiro atoms. The van der Waals surface area contributed by atoms with E-state index < -0.39 is 0 Å². The monoisotopic (exact) mass is 344 g/mol. The second-order valence-corrected chi connectivity index (χ2v) is 6.53. The van der Waals surface area contributed by atoms with E-state index in [0.717, 1.165) is 18.7 Å². The van der Waals surface area contributed by atoms with Gasteiger partial charge in [-0.05, 0) is 44.9 Å². The van der Waals surface area contributed by atoms with E-state index in [4.69, 9.17) is 0 Å². The first-order chi connectivity index (χ1) is 11.0. The minimum absolute atomic E-state index is 0. The van der Waals surface area contributed by atoms with E-state index in [0.29, 0.717) is 5.75 Å². The molecule has 0 aromatic heterocycles. The van der Waals surface area contributed by atoms with Crippen molar-refractivity contribution in [1.29, 1.82) is 0 Å². The number of anilines is 1. The van der Waals surface area contributed by atoms with E-state index in [1.807, 2.05) is 18.2 Å². The Bertz CT molecular complexity index is 747. The number of phenols is 1. The summed E-state index contributed by atoms with van der Waals surface area (Å²) in [5.41, 5.74) is 6.22. The second-order valence-electron chi connectivity index (χ2n) is 6.53. The molecule has 0 bridgehead atoms. The van der Waals surface area contributed by atoms with Crippen molar-refractivity contribution in [3.8, 4) is 5.75 Å². The summed E-state index contributed by atoms with van der Waals surface area (Å²) < 4.78 is 2.30. The Hall–Kier alpha value is -2.00. The molecule has 1 aliphatic heterocycles. The predicted octanol–water partition coefficient (Wildman–Crippen LogP) is 0.943. The van der Waals surface area contributed by atoms with Crippen LogP contribution in [0.2, 0.25) is 0 Å². The number of benzene rings is 2. The van der Waals surface area contributed by atoms with Crippen molar-refractivity contribution in [3.63, 3.8) is 0 Å². The maximum absolute atomic E-state index is 10.1. The van der Waals surface area contributed by atoms with Crippen molar-refractivity contribution in [3.05, 3.63) is 58.7 Å². The Labute approximate surface area is 150 Å². The molecular formula is C20H25ClN2O. The molecule has 1 heterocycles. The number of rotatable bonds is 3. The predicted molar refractivity (Wildman–Crippen MR) is 95.7 cm³/mol. The first-order valence-electron chi connectivity index (χ1n) is 8.20. The van der Waals surface area contributed by atoms with Crippen LogP contribution in [0.3, 0.4) is 0 Å². The SMILES string of the molecule is Cc1cc(C)c(N2C=[N+]([C@H](C)c3ccccc3O)CC2)c(C)c1.[Cl-]. The largest absolute Gasteiger partial charge is 1.00 e. The number of aryl methyl sites for hydroxylation is 3. The van der Waals surface area contributed by atoms with Crippen LogP contribution in [-0.4, -0.2) is 29.1 Å². The zero-order valence-electron chi connectivity index (χ0n) is 14.8. The van der Waals surface area contributed by atoms with Crippen LogP contribution in [0.15, 0.2) is 36.4 Å². The molecule has 0 radical (unpaired) electrons. The van der Waals surface area contributed by atoms with Gasteiger partial charge in [-0.25, -0.2) is 4.90 Å². The number of phenolic OH excluding ortho intramolecular Hbond substituents is 1. The van der Waals surface area contributed by atoms with Gasteiger partial charge >= 0.3 is 0 Å². The van der Waals surface area contributed by atoms with E-state index in [1.165, 1.54) is 22.4 Å². The number of hydrogen-bond acceptors (Lipinski definition) is 2. The molecule has 0 saturated carbocycles. The highest BCUT2D eigenvalue weighted by molar-refractivity contribution is 5.81. The average Bonchev–Trinajstić information content (AvgIpc) is 2.95. The number of halogens is 1. The van der Waals surface area contributed by atoms with Gasteiger partial charge in [0.25, 0.3) is 0 Å². The molecule has 128 valence electrons. The van der Waals surface area contributed by atoms with Crippen molar-refractivity contribution in [2.75, 3.05) is 18.0 Å². The summed E-state index contributed by atoms with van der Waals surface area (Å²) in [6.07, 6.45) is 2.20. The Morgan fingerprint density at radius 3 is 2.33 bits per heavy atom. The van der Waals surface area contributed by atoms with E-state index >= 15 is 0 Å². The van der Waals surface area contributed by atoms with Gasteiger partial charge in [0.05, 0.1) is 0 Å². The standard InChI is InChI=1S/C20H24N2O.ClH/c1-14-11-15(2)20(16(3)12-14)22-10-9-21(13-22)17(4)18-7-5-6-8-19(18)23;/h5-8,11-13,17H,9-10H2,1-4H3;1H/t17-;/m1./s1. The number of aromatic hydroxyl groups is 1. The topological polar surface area (TPSA) is 26.5 Å². The zero-order chi connectivity index (χ0) is 16.6. The summed E-state index contributed by atoms with van der Waals surface area (Å²) in [6, 6.07) is 12.2. The fourth-order valence-electron chi connectivity index (χ4n) is 3.63. The third kappa shape index (κ3) is 3.41. The Morgan fingerprint density at radius 2 is 1.71 bits per heavy atom. The van der Waals surface area contributed by atoms with Crippen molar-refractivity contribution in [2.45, 2.75) is 33.7 Å². The molecule has 0 saturated heterocycles. The summed E-state index contributed by atoms with van der Waals surface area (Å²) >= 11 is 0. The summed E-state index contributed by atoms with van der Waals surface area (Å²) in [7, 11) is 0. The van der Waals surface area contributed by atoms with Crippen LogP contribution in [0.5, 0.6) is 5.75 Å². The molecule has 4 heteroatoms. The minimum atomic E-state index is 0. The fourth-order valence-corrected chi connectivity index (χ4v) is 3.63. The van der Waals surface area contributed by atoms with Crippen LogP contribution in [0.4, 0.5) is 5.69 Å². The maximum atomic E-state index is 10.1. The molecule has 1 aliphatic rings. The molecule has 1 atom stereocenters. The lowest BCUT2D eigenvalue weighted by atomic mass is 10.0. The Kier molecular flexibility index (Phi) is 5.55. The van der Waals surface area contributed by atoms with E-state index in [1.54, 1.807) is 6.07 Å². The highest BCUT2D eigenvalue weighted by atomic mass is 35.5. The van der Waals surface area contributed by atoms with Crippen LogP contribution in [0, 0.1) is 20.8 Å². The summed E-state index contributed by atoms with van der Waals surface area (Å²) in [5.74, 6) is 0.370. The maximum Gasteiger partial charge on any atom is 0.240 e. The van der Waals surface area contributed by atoms with Gasteiger partial charge in [-0.15, -0.1) is 0 Å². The second kappa shape index (κ2) is 7.27. The van der Waals surface area contributed by atoms with Crippen LogP contribution in [-0.2, 0) is 0 Å². The third-order valence-electron chi connectivity index (χ3n) is 4.69. The summed E-state index contributed by atoms with van der Waals surface area (Å²) in [5, 5.41) is 10.1. The van der Waals surface area contributed by atoms with Gasteiger partial charge in [-0.1, -0.05) is 35.9 Å². The molecule has 0 amide bonds. The average molecular weight is 345 g/mol. The van der Waals surface area contributed by atoms with Gasteiger partial charge in [0, 0.05) is 5.56 Å². The van der Waals surface area contributed by atoms with Gasteiger partial charge in [0.2, 0.25) is 6.34 Å². The van der Waals surface area contributed by atoms with Crippen molar-refractivity contribution in [1.82, 2.24) is 0 Å². The number of nitrogens with zero attached hydrogens (tertiary/aromatic N) is 2. The summed E-state index contributed by atoms with van der Waals surface area (Å²) in [4.78, 5) is 2.33. The molecule has 3 nitrogen and oxygen atoms in total. The van der Waals surface area contributed by atoms with Crippen molar-refractivity contribution >= 4 is 12.0 Å². The lowest BCUT2D eigenvalue weighted by Gasteiger charge is -2.14. The number of para-hydroxylation sites is 1. The quantitative estimate of drug-likeness (QED) is 0.839. The normalized spacial score (nSPS) is 15.0. The molecule has 2 aromatic rings. The molecule has 0 aliphatic carbocycles. The first-order valence-corrected chi connectivity index (χ1v) is 8.20. The Morgan fingerprint density at radius 1 is 1.08 bits per heavy atom. The molecule has 1 N–H and O–H groups in total. The lowest BCUT2D eigenvalue weighted by molar-refractivity contribution is -0.555.